The predicted octanol–water partition coefficient (Wildman–Crippen LogP) is 6.10. The molecule has 0 saturated carbocycles. The number of thiazole rings is 1. The molecule has 1 aromatic heterocycles. The average molecular weight is 626 g/mol. The highest BCUT2D eigenvalue weighted by Gasteiger charge is 2.29. The van der Waals surface area contributed by atoms with Crippen molar-refractivity contribution < 1.29 is 26.9 Å². The lowest BCUT2D eigenvalue weighted by Crippen LogP contribution is -2.38. The van der Waals surface area contributed by atoms with Crippen LogP contribution in [0.4, 0.5) is 0 Å². The molecule has 2 aromatic carbocycles. The maximum absolute atomic E-state index is 12.9. The van der Waals surface area contributed by atoms with E-state index in [1.165, 1.54) is 0 Å². The highest BCUT2D eigenvalue weighted by Crippen LogP contribution is 2.38. The molecule has 2 aliphatic rings. The molecule has 3 aromatic rings. The van der Waals surface area contributed by atoms with Crippen LogP contribution >= 0.6 is 34.5 Å². The van der Waals surface area contributed by atoms with E-state index < -0.39 is 16.4 Å². The second kappa shape index (κ2) is 12.0. The van der Waals surface area contributed by atoms with E-state index in [1.807, 2.05) is 24.1 Å². The van der Waals surface area contributed by atoms with Crippen molar-refractivity contribution >= 4 is 50.6 Å². The zero-order valence-electron chi connectivity index (χ0n) is 22.4. The Morgan fingerprint density at radius 3 is 2.52 bits per heavy atom. The highest BCUT2D eigenvalue weighted by molar-refractivity contribution is 7.86. The Kier molecular flexibility index (Phi) is 8.75. The number of benzene rings is 2. The Morgan fingerprint density at radius 1 is 1.12 bits per heavy atom. The lowest BCUT2D eigenvalue weighted by molar-refractivity contribution is -0.155. The summed E-state index contributed by atoms with van der Waals surface area (Å²) >= 11 is 13.9. The predicted molar refractivity (Wildman–Crippen MR) is 155 cm³/mol. The molecule has 2 aliphatic heterocycles. The van der Waals surface area contributed by atoms with Gasteiger partial charge in [0.05, 0.1) is 30.9 Å². The summed E-state index contributed by atoms with van der Waals surface area (Å²) in [5.74, 6) is 0.537. The van der Waals surface area contributed by atoms with E-state index in [0.717, 1.165) is 46.4 Å². The number of aromatic nitrogens is 1. The van der Waals surface area contributed by atoms with Crippen molar-refractivity contribution in [2.24, 2.45) is 0 Å². The summed E-state index contributed by atoms with van der Waals surface area (Å²) in [5, 5.41) is 4.03. The van der Waals surface area contributed by atoms with Crippen molar-refractivity contribution in [2.45, 2.75) is 58.5 Å². The topological polar surface area (TPSA) is 95.0 Å². The number of fused-ring (bicyclic) bond motifs is 1. The minimum atomic E-state index is -3.70. The number of carbonyl (C=O) groups is 1. The summed E-state index contributed by atoms with van der Waals surface area (Å²) in [5.41, 5.74) is 4.88. The zero-order chi connectivity index (χ0) is 28.6. The second-order valence-corrected chi connectivity index (χ2v) is 13.5. The fourth-order valence-electron chi connectivity index (χ4n) is 5.06. The first kappa shape index (κ1) is 29.3. The number of nitrogens with zero attached hydrogens (tertiary/aromatic N) is 2. The van der Waals surface area contributed by atoms with Crippen LogP contribution in [0.25, 0.3) is 0 Å². The Hall–Kier alpha value is -2.21. The molecule has 5 rings (SSSR count). The summed E-state index contributed by atoms with van der Waals surface area (Å²) in [6, 6.07) is 6.89. The minimum absolute atomic E-state index is 0.0343. The van der Waals surface area contributed by atoms with Crippen molar-refractivity contribution in [3.63, 3.8) is 0 Å². The average Bonchev–Trinajstić information content (AvgIpc) is 3.28. The molecule has 1 unspecified atom stereocenters. The van der Waals surface area contributed by atoms with E-state index >= 15 is 0 Å². The number of likely N-dealkylation sites (tertiary alicyclic amines) is 1. The van der Waals surface area contributed by atoms with E-state index in [2.05, 4.69) is 0 Å². The Balaban J connectivity index is 1.22. The van der Waals surface area contributed by atoms with Crippen LogP contribution in [0.3, 0.4) is 0 Å². The fraction of sp³-hybridized carbons (Fsp3) is 0.429. The molecule has 214 valence electrons. The number of rotatable bonds is 6. The lowest BCUT2D eigenvalue weighted by Gasteiger charge is -2.31. The normalized spacial score (nSPS) is 18.3. The number of aryl methyl sites for hydroxylation is 1. The minimum Gasteiger partial charge on any atom is -0.382 e. The van der Waals surface area contributed by atoms with Gasteiger partial charge < -0.3 is 18.6 Å². The molecule has 3 heterocycles. The number of hydrogen-bond acceptors (Lipinski definition) is 8. The molecule has 1 fully saturated rings. The molecule has 12 heteroatoms. The number of amides is 1. The van der Waals surface area contributed by atoms with E-state index in [4.69, 9.17) is 41.8 Å². The third-order valence-electron chi connectivity index (χ3n) is 7.38. The highest BCUT2D eigenvalue weighted by atomic mass is 35.5. The molecule has 0 bridgehead atoms. The van der Waals surface area contributed by atoms with Gasteiger partial charge in [0.15, 0.2) is 0 Å². The quantitative estimate of drug-likeness (QED) is 0.306. The van der Waals surface area contributed by atoms with Gasteiger partial charge in [-0.3, -0.25) is 4.79 Å². The van der Waals surface area contributed by atoms with Gasteiger partial charge in [-0.05, 0) is 73.2 Å². The van der Waals surface area contributed by atoms with E-state index in [0.29, 0.717) is 34.4 Å². The molecule has 0 spiro atoms. The van der Waals surface area contributed by atoms with Crippen LogP contribution < -0.4 is 4.18 Å². The first-order valence-electron chi connectivity index (χ1n) is 12.9. The van der Waals surface area contributed by atoms with Crippen LogP contribution in [0.2, 0.25) is 10.0 Å². The van der Waals surface area contributed by atoms with E-state index in [9.17, 15) is 13.2 Å². The smallest absolute Gasteiger partial charge is 0.306 e. The van der Waals surface area contributed by atoms with Gasteiger partial charge in [-0.25, -0.2) is 4.98 Å². The Labute approximate surface area is 248 Å². The second-order valence-electron chi connectivity index (χ2n) is 10.2. The van der Waals surface area contributed by atoms with Gasteiger partial charge >= 0.3 is 10.1 Å². The van der Waals surface area contributed by atoms with Crippen LogP contribution in [0.1, 0.15) is 63.6 Å². The van der Waals surface area contributed by atoms with Gasteiger partial charge in [-0.1, -0.05) is 23.2 Å². The van der Waals surface area contributed by atoms with Crippen molar-refractivity contribution in [1.82, 2.24) is 9.88 Å². The van der Waals surface area contributed by atoms with E-state index in [-0.39, 0.29) is 37.2 Å². The van der Waals surface area contributed by atoms with Crippen LogP contribution in [0, 0.1) is 13.8 Å². The van der Waals surface area contributed by atoms with Crippen molar-refractivity contribution in [3.8, 4) is 5.75 Å². The summed E-state index contributed by atoms with van der Waals surface area (Å²) in [7, 11) is -3.70. The van der Waals surface area contributed by atoms with Crippen molar-refractivity contribution in [2.75, 3.05) is 19.3 Å². The molecule has 0 aliphatic carbocycles. The summed E-state index contributed by atoms with van der Waals surface area (Å²) in [4.78, 5) is 19.6. The third kappa shape index (κ3) is 6.64. The molecule has 1 saturated heterocycles. The van der Waals surface area contributed by atoms with Gasteiger partial charge in [0.1, 0.15) is 11.4 Å². The summed E-state index contributed by atoms with van der Waals surface area (Å²) in [6.45, 7) is 5.55. The molecule has 1 amide bonds. The Bertz CT molecular complexity index is 1530. The first-order chi connectivity index (χ1) is 19.0. The molecule has 40 heavy (non-hydrogen) atoms. The Morgan fingerprint density at radius 2 is 1.82 bits per heavy atom. The van der Waals surface area contributed by atoms with Gasteiger partial charge in [0.25, 0.3) is 0 Å². The standard InChI is InChI=1S/C28H30Cl2N2O6S2/c1-16-10-25(38-40(3,34)35)22-14-37-28(36-13-21(22)17(16)2)24-15-39-27(31-24)18-6-8-32(9-7-18)26(33)12-19-11-20(29)4-5-23(19)30/h4-5,10-11,15,18,28H,6-9,12-14H2,1-3H3. The third-order valence-corrected chi connectivity index (χ3v) is 9.49. The van der Waals surface area contributed by atoms with Gasteiger partial charge in [-0.15, -0.1) is 11.3 Å². The molecule has 0 radical (unpaired) electrons. The largest absolute Gasteiger partial charge is 0.382 e. The lowest BCUT2D eigenvalue weighted by atomic mass is 9.97. The molecular weight excluding hydrogens is 595 g/mol. The molecule has 8 nitrogen and oxygen atoms in total. The van der Waals surface area contributed by atoms with Gasteiger partial charge in [0.2, 0.25) is 12.2 Å². The summed E-state index contributed by atoms with van der Waals surface area (Å²) < 4.78 is 41.1. The van der Waals surface area contributed by atoms with Crippen LogP contribution in [-0.2, 0) is 44.0 Å². The van der Waals surface area contributed by atoms with Crippen LogP contribution in [0.5, 0.6) is 5.75 Å². The molecular formula is C28H30Cl2N2O6S2. The maximum atomic E-state index is 12.9. The van der Waals surface area contributed by atoms with Gasteiger partial charge in [0, 0.05) is 40.0 Å². The SMILES string of the molecule is Cc1cc(OS(C)(=O)=O)c2c(c1C)COC(c1csc(C3CCN(C(=O)Cc4cc(Cl)ccc4Cl)CC3)n1)OC2. The fourth-order valence-corrected chi connectivity index (χ4v) is 6.90. The van der Waals surface area contributed by atoms with Crippen LogP contribution in [-0.4, -0.2) is 43.6 Å². The van der Waals surface area contributed by atoms with Crippen LogP contribution in [0.15, 0.2) is 29.6 Å². The number of carbonyl (C=O) groups excluding carboxylic acids is 1. The van der Waals surface area contributed by atoms with Crippen molar-refractivity contribution in [3.05, 3.63) is 78.2 Å². The number of hydrogen-bond donors (Lipinski definition) is 0. The first-order valence-corrected chi connectivity index (χ1v) is 16.4. The molecule has 1 atom stereocenters. The number of piperidine rings is 1. The summed E-state index contributed by atoms with van der Waals surface area (Å²) in [6.07, 6.45) is 2.18. The number of ether oxygens (including phenoxy) is 2. The van der Waals surface area contributed by atoms with Crippen molar-refractivity contribution in [1.29, 1.82) is 0 Å². The monoisotopic (exact) mass is 624 g/mol. The van der Waals surface area contributed by atoms with Gasteiger partial charge in [-0.2, -0.15) is 8.42 Å². The zero-order valence-corrected chi connectivity index (χ0v) is 25.6. The molecule has 0 N–H and O–H groups in total. The maximum Gasteiger partial charge on any atom is 0.306 e. The number of halogens is 2. The van der Waals surface area contributed by atoms with E-state index in [1.54, 1.807) is 35.6 Å².